The van der Waals surface area contributed by atoms with Gasteiger partial charge >= 0.3 is 67.3 Å². The van der Waals surface area contributed by atoms with Gasteiger partial charge in [0.2, 0.25) is 0 Å². The zero-order valence-electron chi connectivity index (χ0n) is 3.49. The molecule has 6 heteroatoms. The van der Waals surface area contributed by atoms with Crippen LogP contribution in [0.4, 0.5) is 0 Å². The van der Waals surface area contributed by atoms with E-state index in [0.29, 0.717) is 0 Å². The molecule has 0 saturated carbocycles. The first kappa shape index (κ1) is 22.9. The first-order chi connectivity index (χ1) is 2.83. The molecule has 0 heterocycles. The van der Waals surface area contributed by atoms with Crippen molar-refractivity contribution in [3.63, 3.8) is 0 Å². The van der Waals surface area contributed by atoms with Crippen molar-refractivity contribution < 1.29 is 19.8 Å². The third kappa shape index (κ3) is 192. The number of carbonyl (C=O) groups excluding carboxylic acids is 2. The third-order valence-electron chi connectivity index (χ3n) is 0. The molecule has 0 aromatic heterocycles. The summed E-state index contributed by atoms with van der Waals surface area (Å²) in [6, 6.07) is 0. The third-order valence-corrected chi connectivity index (χ3v) is 0. The van der Waals surface area contributed by atoms with E-state index in [0.717, 1.165) is 0 Å². The molecule has 0 aliphatic rings. The van der Waals surface area contributed by atoms with Crippen LogP contribution in [0.5, 0.6) is 0 Å². The molecule has 0 aromatic rings. The van der Waals surface area contributed by atoms with Gasteiger partial charge in [0.1, 0.15) is 0 Å². The zero-order valence-corrected chi connectivity index (χ0v) is 5.70. The maximum absolute atomic E-state index is 8.25. The fraction of sp³-hybridized carbons (Fsp3) is 0. The number of rotatable bonds is 0. The molecular weight excluding hydrogens is 151 g/mol. The van der Waals surface area contributed by atoms with Crippen LogP contribution in [-0.4, -0.2) is 80.2 Å². The van der Waals surface area contributed by atoms with Crippen molar-refractivity contribution in [2.75, 3.05) is 0 Å². The van der Waals surface area contributed by atoms with Crippen molar-refractivity contribution in [3.05, 3.63) is 0 Å². The first-order valence-corrected chi connectivity index (χ1v) is 0.943. The summed E-state index contributed by atoms with van der Waals surface area (Å²) >= 11 is 0. The quantitative estimate of drug-likeness (QED) is 0.261. The van der Waals surface area contributed by atoms with E-state index in [2.05, 4.69) is 0 Å². The van der Waals surface area contributed by atoms with E-state index >= 15 is 0 Å². The van der Waals surface area contributed by atoms with Crippen molar-refractivity contribution in [2.45, 2.75) is 0 Å². The van der Waals surface area contributed by atoms with Gasteiger partial charge in [0.25, 0.3) is 0 Å². The Balaban J connectivity index is -0.0000000160. The molecular formula is C2H3CaNaO4. The Morgan fingerprint density at radius 3 is 1.00 bits per heavy atom. The molecule has 0 radical (unpaired) electrons. The summed E-state index contributed by atoms with van der Waals surface area (Å²) in [6.07, 6.45) is 0. The Morgan fingerprint density at radius 2 is 1.00 bits per heavy atom. The summed E-state index contributed by atoms with van der Waals surface area (Å²) < 4.78 is 0. The Kier molecular flexibility index (Phi) is 119. The summed E-state index contributed by atoms with van der Waals surface area (Å²) in [4.78, 5) is 16.5. The Bertz CT molecular complexity index is 35.0. The standard InChI is InChI=1S/2CH2O2.Ca.Na.H/c2*2-1-3;;;/h2*1H,(H,2,3);;;/q;;+2;;/p-2. The molecule has 0 spiro atoms. The molecule has 0 saturated heterocycles. The molecule has 0 bridgehead atoms. The number of carboxylic acid groups (broad SMARTS) is 2. The van der Waals surface area contributed by atoms with E-state index in [-0.39, 0.29) is 67.3 Å². The maximum atomic E-state index is 8.25. The van der Waals surface area contributed by atoms with Gasteiger partial charge in [-0.05, 0) is 0 Å². The number of hydrogen-bond donors (Lipinski definition) is 0. The van der Waals surface area contributed by atoms with Crippen LogP contribution in [-0.2, 0) is 9.59 Å². The summed E-state index contributed by atoms with van der Waals surface area (Å²) in [5.74, 6) is 0. The minimum absolute atomic E-state index is 0. The van der Waals surface area contributed by atoms with Crippen molar-refractivity contribution >= 4 is 80.2 Å². The van der Waals surface area contributed by atoms with E-state index in [1.807, 2.05) is 0 Å². The Labute approximate surface area is 98.6 Å². The predicted molar refractivity (Wildman–Crippen MR) is 25.0 cm³/mol. The van der Waals surface area contributed by atoms with Crippen molar-refractivity contribution in [1.82, 2.24) is 0 Å². The molecule has 38 valence electrons. The van der Waals surface area contributed by atoms with Crippen LogP contribution in [0.1, 0.15) is 0 Å². The Hall–Kier alpha value is 1.20. The van der Waals surface area contributed by atoms with Crippen molar-refractivity contribution in [2.24, 2.45) is 0 Å². The van der Waals surface area contributed by atoms with Gasteiger partial charge in [-0.2, -0.15) is 0 Å². The summed E-state index contributed by atoms with van der Waals surface area (Å²) in [7, 11) is 0. The van der Waals surface area contributed by atoms with Gasteiger partial charge in [-0.3, -0.25) is 0 Å². The average Bonchev–Trinajstić information content (AvgIpc) is 1.39. The molecule has 0 aliphatic heterocycles. The average molecular weight is 154 g/mol. The van der Waals surface area contributed by atoms with Crippen LogP contribution in [0.3, 0.4) is 0 Å². The zero-order chi connectivity index (χ0) is 5.41. The van der Waals surface area contributed by atoms with Gasteiger partial charge in [-0.1, -0.05) is 0 Å². The van der Waals surface area contributed by atoms with E-state index in [1.54, 1.807) is 0 Å². The summed E-state index contributed by atoms with van der Waals surface area (Å²) in [5, 5.41) is 16.5. The molecule has 0 aliphatic carbocycles. The van der Waals surface area contributed by atoms with Gasteiger partial charge < -0.3 is 19.8 Å². The molecule has 0 fully saturated rings. The fourth-order valence-corrected chi connectivity index (χ4v) is 0. The van der Waals surface area contributed by atoms with E-state index in [4.69, 9.17) is 19.8 Å². The van der Waals surface area contributed by atoms with Gasteiger partial charge in [0, 0.05) is 12.9 Å². The van der Waals surface area contributed by atoms with Crippen molar-refractivity contribution in [3.8, 4) is 0 Å². The SMILES string of the molecule is O=C[O-].O=C[O-].[Ca+2].[NaH]. The van der Waals surface area contributed by atoms with Gasteiger partial charge in [-0.15, -0.1) is 0 Å². The van der Waals surface area contributed by atoms with Crippen LogP contribution in [0, 0.1) is 0 Å². The van der Waals surface area contributed by atoms with Gasteiger partial charge in [0.05, 0.1) is 0 Å². The van der Waals surface area contributed by atoms with Crippen LogP contribution in [0.25, 0.3) is 0 Å². The fourth-order valence-electron chi connectivity index (χ4n) is 0. The van der Waals surface area contributed by atoms with Crippen LogP contribution >= 0.6 is 0 Å². The monoisotopic (exact) mass is 154 g/mol. The normalized spacial score (nSPS) is 3.00. The molecule has 0 N–H and O–H groups in total. The first-order valence-electron chi connectivity index (χ1n) is 0.943. The second-order valence-corrected chi connectivity index (χ2v) is 0.192. The van der Waals surface area contributed by atoms with Crippen LogP contribution < -0.4 is 10.2 Å². The second-order valence-electron chi connectivity index (χ2n) is 0.192. The molecule has 0 amide bonds. The van der Waals surface area contributed by atoms with E-state index in [9.17, 15) is 0 Å². The van der Waals surface area contributed by atoms with Gasteiger partial charge in [-0.25, -0.2) is 0 Å². The predicted octanol–water partition coefficient (Wildman–Crippen LogP) is -4.30. The topological polar surface area (TPSA) is 80.3 Å². The summed E-state index contributed by atoms with van der Waals surface area (Å²) in [5.41, 5.74) is 0. The van der Waals surface area contributed by atoms with Crippen LogP contribution in [0.15, 0.2) is 0 Å². The van der Waals surface area contributed by atoms with Crippen LogP contribution in [0.2, 0.25) is 0 Å². The van der Waals surface area contributed by atoms with E-state index in [1.165, 1.54) is 0 Å². The molecule has 4 nitrogen and oxygen atoms in total. The molecule has 0 atom stereocenters. The summed E-state index contributed by atoms with van der Waals surface area (Å²) in [6.45, 7) is -1.00. The second kappa shape index (κ2) is 41.5. The molecule has 0 unspecified atom stereocenters. The number of hydrogen-bond acceptors (Lipinski definition) is 4. The molecule has 8 heavy (non-hydrogen) atoms. The van der Waals surface area contributed by atoms with E-state index < -0.39 is 12.9 Å². The Morgan fingerprint density at radius 1 is 1.00 bits per heavy atom. The van der Waals surface area contributed by atoms with Crippen molar-refractivity contribution in [1.29, 1.82) is 0 Å². The van der Waals surface area contributed by atoms with Gasteiger partial charge in [0.15, 0.2) is 0 Å². The molecule has 0 aromatic carbocycles. The molecule has 0 rings (SSSR count). The minimum atomic E-state index is -0.500. The number of carbonyl (C=O) groups is 2.